The molecule has 0 saturated carbocycles. The van der Waals surface area contributed by atoms with Gasteiger partial charge in [0, 0.05) is 30.8 Å². The predicted octanol–water partition coefficient (Wildman–Crippen LogP) is 4.21. The van der Waals surface area contributed by atoms with Gasteiger partial charge in [-0.15, -0.1) is 0 Å². The Hall–Kier alpha value is -1.56. The molecule has 0 unspecified atom stereocenters. The first-order valence-electron chi connectivity index (χ1n) is 8.55. The highest BCUT2D eigenvalue weighted by Crippen LogP contribution is 2.26. The quantitative estimate of drug-likeness (QED) is 0.709. The number of carbonyl (C=O) groups is 1. The summed E-state index contributed by atoms with van der Waals surface area (Å²) < 4.78 is 9.42. The average Bonchev–Trinajstić information content (AvgIpc) is 2.87. The summed E-state index contributed by atoms with van der Waals surface area (Å²) in [6.45, 7) is 10.1. The fourth-order valence-electron chi connectivity index (χ4n) is 2.76. The van der Waals surface area contributed by atoms with Crippen LogP contribution in [0.2, 0.25) is 10.0 Å². The van der Waals surface area contributed by atoms with Crippen LogP contribution in [0, 0.1) is 0 Å². The predicted molar refractivity (Wildman–Crippen MR) is 105 cm³/mol. The molecule has 1 aromatic heterocycles. The molecule has 2 aromatic rings. The van der Waals surface area contributed by atoms with E-state index in [1.54, 1.807) is 18.2 Å². The third-order valence-corrected chi connectivity index (χ3v) is 4.88. The van der Waals surface area contributed by atoms with E-state index in [2.05, 4.69) is 25.8 Å². The third-order valence-electron chi connectivity index (χ3n) is 4.06. The molecule has 0 saturated heterocycles. The summed E-state index contributed by atoms with van der Waals surface area (Å²) in [5, 5.41) is 0.552. The highest BCUT2D eigenvalue weighted by molar-refractivity contribution is 6.43. The van der Waals surface area contributed by atoms with Crippen molar-refractivity contribution in [2.24, 2.45) is 12.0 Å². The molecule has 0 bridgehead atoms. The van der Waals surface area contributed by atoms with Crippen molar-refractivity contribution in [1.29, 1.82) is 0 Å². The minimum Gasteiger partial charge on any atom is -0.380 e. The molecule has 26 heavy (non-hydrogen) atoms. The van der Waals surface area contributed by atoms with Crippen molar-refractivity contribution >= 4 is 29.1 Å². The van der Waals surface area contributed by atoms with Crippen molar-refractivity contribution in [1.82, 2.24) is 9.36 Å². The zero-order chi connectivity index (χ0) is 19.5. The SMILES string of the molecule is CCOCCn1/c(=N/C(=O)c2cccc(Cl)c2Cl)cc(C(C)(C)C)n1C. The van der Waals surface area contributed by atoms with Crippen molar-refractivity contribution < 1.29 is 9.53 Å². The van der Waals surface area contributed by atoms with Gasteiger partial charge in [0.2, 0.25) is 0 Å². The Morgan fingerprint density at radius 1 is 1.27 bits per heavy atom. The van der Waals surface area contributed by atoms with Gasteiger partial charge in [-0.1, -0.05) is 50.0 Å². The second-order valence-corrected chi connectivity index (χ2v) is 7.78. The van der Waals surface area contributed by atoms with E-state index >= 15 is 0 Å². The van der Waals surface area contributed by atoms with Crippen LogP contribution < -0.4 is 5.49 Å². The topological polar surface area (TPSA) is 48.5 Å². The monoisotopic (exact) mass is 397 g/mol. The average molecular weight is 398 g/mol. The lowest BCUT2D eigenvalue weighted by atomic mass is 9.92. The smallest absolute Gasteiger partial charge is 0.280 e. The molecule has 0 spiro atoms. The van der Waals surface area contributed by atoms with E-state index in [0.29, 0.717) is 30.3 Å². The molecule has 0 fully saturated rings. The summed E-state index contributed by atoms with van der Waals surface area (Å²) in [6.07, 6.45) is 0. The van der Waals surface area contributed by atoms with Gasteiger partial charge in [-0.3, -0.25) is 14.2 Å². The lowest BCUT2D eigenvalue weighted by Gasteiger charge is -2.20. The molecule has 7 heteroatoms. The van der Waals surface area contributed by atoms with Crippen molar-refractivity contribution in [3.05, 3.63) is 51.1 Å². The Morgan fingerprint density at radius 3 is 2.58 bits per heavy atom. The summed E-state index contributed by atoms with van der Waals surface area (Å²) in [5.41, 5.74) is 1.83. The first-order chi connectivity index (χ1) is 12.2. The van der Waals surface area contributed by atoms with Crippen LogP contribution in [0.3, 0.4) is 0 Å². The normalized spacial score (nSPS) is 12.7. The van der Waals surface area contributed by atoms with E-state index in [1.807, 2.05) is 29.4 Å². The minimum atomic E-state index is -0.422. The summed E-state index contributed by atoms with van der Waals surface area (Å²) in [5.74, 6) is -0.422. The summed E-state index contributed by atoms with van der Waals surface area (Å²) >= 11 is 12.2. The molecule has 1 amide bonds. The van der Waals surface area contributed by atoms with Crippen molar-refractivity contribution in [3.63, 3.8) is 0 Å². The second-order valence-electron chi connectivity index (χ2n) is 7.00. The van der Waals surface area contributed by atoms with Gasteiger partial charge in [-0.2, -0.15) is 4.99 Å². The Kier molecular flexibility index (Phi) is 6.72. The zero-order valence-electron chi connectivity index (χ0n) is 15.8. The first-order valence-corrected chi connectivity index (χ1v) is 9.30. The molecule has 0 radical (unpaired) electrons. The van der Waals surface area contributed by atoms with Crippen LogP contribution in [0.1, 0.15) is 43.7 Å². The van der Waals surface area contributed by atoms with Crippen LogP contribution in [0.4, 0.5) is 0 Å². The minimum absolute atomic E-state index is 0.0906. The number of benzene rings is 1. The van der Waals surface area contributed by atoms with Crippen LogP contribution in [-0.4, -0.2) is 28.5 Å². The molecule has 5 nitrogen and oxygen atoms in total. The third kappa shape index (κ3) is 4.58. The van der Waals surface area contributed by atoms with Crippen molar-refractivity contribution in [2.75, 3.05) is 13.2 Å². The number of nitrogens with zero attached hydrogens (tertiary/aromatic N) is 3. The molecule has 0 aliphatic heterocycles. The summed E-state index contributed by atoms with van der Waals surface area (Å²) in [7, 11) is 1.96. The van der Waals surface area contributed by atoms with Gasteiger partial charge in [0.05, 0.1) is 28.8 Å². The summed E-state index contributed by atoms with van der Waals surface area (Å²) in [6, 6.07) is 6.88. The maximum atomic E-state index is 12.7. The highest BCUT2D eigenvalue weighted by atomic mass is 35.5. The van der Waals surface area contributed by atoms with Crippen LogP contribution in [0.15, 0.2) is 29.3 Å². The number of hydrogen-bond acceptors (Lipinski definition) is 2. The second kappa shape index (κ2) is 8.42. The van der Waals surface area contributed by atoms with E-state index in [1.165, 1.54) is 0 Å². The van der Waals surface area contributed by atoms with Crippen LogP contribution in [0.25, 0.3) is 0 Å². The van der Waals surface area contributed by atoms with E-state index in [0.717, 1.165) is 5.69 Å². The van der Waals surface area contributed by atoms with Gasteiger partial charge >= 0.3 is 0 Å². The van der Waals surface area contributed by atoms with Crippen LogP contribution in [-0.2, 0) is 23.7 Å². The number of hydrogen-bond donors (Lipinski definition) is 0. The number of rotatable bonds is 5. The van der Waals surface area contributed by atoms with E-state index < -0.39 is 5.91 Å². The lowest BCUT2D eigenvalue weighted by molar-refractivity contribution is 0.0994. The maximum absolute atomic E-state index is 12.7. The molecule has 0 aliphatic carbocycles. The molecule has 1 aromatic carbocycles. The standard InChI is InChI=1S/C19H25Cl2N3O2/c1-6-26-11-10-24-16(12-15(23(24)5)19(2,3)4)22-18(25)13-8-7-9-14(20)17(13)21/h7-9,12H,6,10-11H2,1-5H3/b22-16+. The van der Waals surface area contributed by atoms with Gasteiger partial charge in [0.25, 0.3) is 5.91 Å². The van der Waals surface area contributed by atoms with Crippen molar-refractivity contribution in [3.8, 4) is 0 Å². The van der Waals surface area contributed by atoms with E-state index in [9.17, 15) is 4.79 Å². The maximum Gasteiger partial charge on any atom is 0.280 e. The van der Waals surface area contributed by atoms with E-state index in [4.69, 9.17) is 27.9 Å². The molecule has 0 N–H and O–H groups in total. The Balaban J connectivity index is 2.53. The number of amides is 1. The van der Waals surface area contributed by atoms with Gasteiger partial charge in [-0.05, 0) is 19.1 Å². The Labute approximate surface area is 164 Å². The molecule has 142 valence electrons. The fraction of sp³-hybridized carbons (Fsp3) is 0.474. The van der Waals surface area contributed by atoms with Gasteiger partial charge in [0.1, 0.15) is 0 Å². The largest absolute Gasteiger partial charge is 0.380 e. The Bertz CT molecular complexity index is 861. The number of ether oxygens (including phenoxy) is 1. The Morgan fingerprint density at radius 2 is 1.96 bits per heavy atom. The summed E-state index contributed by atoms with van der Waals surface area (Å²) in [4.78, 5) is 17.0. The van der Waals surface area contributed by atoms with Crippen LogP contribution >= 0.6 is 23.2 Å². The molecular weight excluding hydrogens is 373 g/mol. The molecule has 0 atom stereocenters. The molecule has 1 heterocycles. The zero-order valence-corrected chi connectivity index (χ0v) is 17.4. The first kappa shape index (κ1) is 20.7. The molecular formula is C19H25Cl2N3O2. The van der Waals surface area contributed by atoms with E-state index in [-0.39, 0.29) is 16.0 Å². The van der Waals surface area contributed by atoms with Gasteiger partial charge in [0.15, 0.2) is 5.49 Å². The number of aromatic nitrogens is 2. The number of halogens is 2. The molecule has 2 rings (SSSR count). The van der Waals surface area contributed by atoms with Crippen LogP contribution in [0.5, 0.6) is 0 Å². The highest BCUT2D eigenvalue weighted by Gasteiger charge is 2.21. The van der Waals surface area contributed by atoms with Gasteiger partial charge in [-0.25, -0.2) is 0 Å². The lowest BCUT2D eigenvalue weighted by Crippen LogP contribution is -2.27. The molecule has 0 aliphatic rings. The van der Waals surface area contributed by atoms with Crippen molar-refractivity contribution in [2.45, 2.75) is 39.7 Å². The number of carbonyl (C=O) groups excluding carboxylic acids is 1. The van der Waals surface area contributed by atoms with Gasteiger partial charge < -0.3 is 4.74 Å². The fourth-order valence-corrected chi connectivity index (χ4v) is 3.14.